The lowest BCUT2D eigenvalue weighted by Gasteiger charge is -2.13. The summed E-state index contributed by atoms with van der Waals surface area (Å²) in [5, 5.41) is 4.35. The first-order valence-electron chi connectivity index (χ1n) is 5.24. The predicted molar refractivity (Wildman–Crippen MR) is 60.6 cm³/mol. The summed E-state index contributed by atoms with van der Waals surface area (Å²) in [6.07, 6.45) is 2.80. The van der Waals surface area contributed by atoms with E-state index in [1.807, 2.05) is 18.2 Å². The highest BCUT2D eigenvalue weighted by atomic mass is 35.5. The van der Waals surface area contributed by atoms with Crippen LogP contribution in [0, 0.1) is 5.92 Å². The van der Waals surface area contributed by atoms with Crippen LogP contribution in [0.1, 0.15) is 31.4 Å². The smallest absolute Gasteiger partial charge is 0.0409 e. The van der Waals surface area contributed by atoms with Crippen LogP contribution < -0.4 is 5.32 Å². The normalized spacial score (nSPS) is 18.1. The van der Waals surface area contributed by atoms with Crippen LogP contribution in [-0.4, -0.2) is 6.54 Å². The van der Waals surface area contributed by atoms with Crippen LogP contribution in [0.2, 0.25) is 5.02 Å². The average Bonchev–Trinajstić information content (AvgIpc) is 2.97. The minimum absolute atomic E-state index is 0.411. The molecule has 1 aromatic rings. The fourth-order valence-corrected chi connectivity index (χ4v) is 1.76. The van der Waals surface area contributed by atoms with E-state index in [0.717, 1.165) is 17.5 Å². The van der Waals surface area contributed by atoms with Gasteiger partial charge in [-0.05, 0) is 49.9 Å². The summed E-state index contributed by atoms with van der Waals surface area (Å²) in [7, 11) is 0. The highest BCUT2D eigenvalue weighted by molar-refractivity contribution is 6.30. The molecule has 0 amide bonds. The number of nitrogens with one attached hydrogen (secondary N) is 1. The van der Waals surface area contributed by atoms with Crippen molar-refractivity contribution in [1.82, 2.24) is 5.32 Å². The molecule has 1 nitrogen and oxygen atoms in total. The number of halogens is 1. The van der Waals surface area contributed by atoms with E-state index in [4.69, 9.17) is 11.6 Å². The molecule has 1 saturated carbocycles. The standard InChI is InChI=1S/C12H16ClN/c1-9(14-8-10-5-6-10)11-3-2-4-12(13)7-11/h2-4,7,9-10,14H,5-6,8H2,1H3/t9-/m0/s1. The number of rotatable bonds is 4. The van der Waals surface area contributed by atoms with Gasteiger partial charge in [-0.25, -0.2) is 0 Å². The minimum Gasteiger partial charge on any atom is -0.310 e. The van der Waals surface area contributed by atoms with Crippen molar-refractivity contribution in [2.24, 2.45) is 5.92 Å². The Balaban J connectivity index is 1.91. The zero-order chi connectivity index (χ0) is 9.97. The largest absolute Gasteiger partial charge is 0.310 e. The molecule has 0 heterocycles. The molecule has 1 aromatic carbocycles. The van der Waals surface area contributed by atoms with Crippen molar-refractivity contribution in [2.75, 3.05) is 6.54 Å². The fourth-order valence-electron chi connectivity index (χ4n) is 1.56. The van der Waals surface area contributed by atoms with Gasteiger partial charge in [0.2, 0.25) is 0 Å². The molecule has 2 heteroatoms. The summed E-state index contributed by atoms with van der Waals surface area (Å²) >= 11 is 5.94. The van der Waals surface area contributed by atoms with E-state index < -0.39 is 0 Å². The van der Waals surface area contributed by atoms with Crippen molar-refractivity contribution < 1.29 is 0 Å². The quantitative estimate of drug-likeness (QED) is 0.802. The zero-order valence-corrected chi connectivity index (χ0v) is 9.22. The first-order chi connectivity index (χ1) is 6.75. The van der Waals surface area contributed by atoms with Crippen molar-refractivity contribution in [1.29, 1.82) is 0 Å². The maximum atomic E-state index is 5.94. The second kappa shape index (κ2) is 4.33. The van der Waals surface area contributed by atoms with Gasteiger partial charge in [0, 0.05) is 11.1 Å². The lowest BCUT2D eigenvalue weighted by molar-refractivity contribution is 0.549. The Morgan fingerprint density at radius 1 is 1.50 bits per heavy atom. The van der Waals surface area contributed by atoms with Gasteiger partial charge in [0.1, 0.15) is 0 Å². The molecule has 0 bridgehead atoms. The van der Waals surface area contributed by atoms with Gasteiger partial charge in [-0.2, -0.15) is 0 Å². The number of hydrogen-bond acceptors (Lipinski definition) is 1. The average molecular weight is 210 g/mol. The molecule has 1 aliphatic carbocycles. The molecule has 1 N–H and O–H groups in total. The fraction of sp³-hybridized carbons (Fsp3) is 0.500. The van der Waals surface area contributed by atoms with Crippen LogP contribution >= 0.6 is 11.6 Å². The Kier molecular flexibility index (Phi) is 3.09. The maximum Gasteiger partial charge on any atom is 0.0409 e. The minimum atomic E-state index is 0.411. The highest BCUT2D eigenvalue weighted by Crippen LogP contribution is 2.28. The van der Waals surface area contributed by atoms with E-state index in [1.54, 1.807) is 0 Å². The molecule has 76 valence electrons. The van der Waals surface area contributed by atoms with Crippen LogP contribution in [0.15, 0.2) is 24.3 Å². The lowest BCUT2D eigenvalue weighted by atomic mass is 10.1. The molecule has 0 aliphatic heterocycles. The third-order valence-electron chi connectivity index (χ3n) is 2.76. The van der Waals surface area contributed by atoms with Gasteiger partial charge >= 0.3 is 0 Å². The Bertz CT molecular complexity index is 307. The summed E-state index contributed by atoms with van der Waals surface area (Å²) < 4.78 is 0. The van der Waals surface area contributed by atoms with Gasteiger partial charge in [-0.3, -0.25) is 0 Å². The predicted octanol–water partition coefficient (Wildman–Crippen LogP) is 3.40. The Labute approximate surface area is 90.5 Å². The Hall–Kier alpha value is -0.530. The topological polar surface area (TPSA) is 12.0 Å². The van der Waals surface area contributed by atoms with Crippen molar-refractivity contribution in [3.05, 3.63) is 34.9 Å². The molecular weight excluding hydrogens is 194 g/mol. The monoisotopic (exact) mass is 209 g/mol. The van der Waals surface area contributed by atoms with Gasteiger partial charge in [0.15, 0.2) is 0 Å². The molecule has 0 spiro atoms. The third kappa shape index (κ3) is 2.73. The first kappa shape index (κ1) is 10.0. The summed E-state index contributed by atoms with van der Waals surface area (Å²) in [6.45, 7) is 3.34. The highest BCUT2D eigenvalue weighted by Gasteiger charge is 2.21. The summed E-state index contributed by atoms with van der Waals surface area (Å²) in [5.74, 6) is 0.927. The van der Waals surface area contributed by atoms with Crippen molar-refractivity contribution in [3.63, 3.8) is 0 Å². The summed E-state index contributed by atoms with van der Waals surface area (Å²) in [5.41, 5.74) is 1.28. The Morgan fingerprint density at radius 3 is 2.93 bits per heavy atom. The molecule has 14 heavy (non-hydrogen) atoms. The van der Waals surface area contributed by atoms with Gasteiger partial charge in [0.25, 0.3) is 0 Å². The van der Waals surface area contributed by atoms with Crippen LogP contribution in [0.3, 0.4) is 0 Å². The lowest BCUT2D eigenvalue weighted by Crippen LogP contribution is -2.20. The van der Waals surface area contributed by atoms with Gasteiger partial charge in [0.05, 0.1) is 0 Å². The first-order valence-corrected chi connectivity index (χ1v) is 5.62. The zero-order valence-electron chi connectivity index (χ0n) is 8.46. The van der Waals surface area contributed by atoms with Gasteiger partial charge in [-0.15, -0.1) is 0 Å². The second-order valence-electron chi connectivity index (χ2n) is 4.13. The van der Waals surface area contributed by atoms with Gasteiger partial charge in [-0.1, -0.05) is 23.7 Å². The van der Waals surface area contributed by atoms with Crippen molar-refractivity contribution >= 4 is 11.6 Å². The van der Waals surface area contributed by atoms with Crippen molar-refractivity contribution in [2.45, 2.75) is 25.8 Å². The summed E-state index contributed by atoms with van der Waals surface area (Å²) in [4.78, 5) is 0. The van der Waals surface area contributed by atoms with Crippen LogP contribution in [0.4, 0.5) is 0 Å². The van der Waals surface area contributed by atoms with Gasteiger partial charge < -0.3 is 5.32 Å². The summed E-state index contributed by atoms with van der Waals surface area (Å²) in [6, 6.07) is 8.49. The molecule has 0 aromatic heterocycles. The maximum absolute atomic E-state index is 5.94. The van der Waals surface area contributed by atoms with E-state index in [1.165, 1.54) is 18.4 Å². The van der Waals surface area contributed by atoms with Crippen molar-refractivity contribution in [3.8, 4) is 0 Å². The van der Waals surface area contributed by atoms with E-state index in [2.05, 4.69) is 18.3 Å². The third-order valence-corrected chi connectivity index (χ3v) is 2.99. The van der Waals surface area contributed by atoms with E-state index in [9.17, 15) is 0 Å². The molecule has 1 fully saturated rings. The van der Waals surface area contributed by atoms with E-state index >= 15 is 0 Å². The molecule has 0 unspecified atom stereocenters. The molecule has 2 rings (SSSR count). The molecular formula is C12H16ClN. The second-order valence-corrected chi connectivity index (χ2v) is 4.56. The molecule has 0 saturated heterocycles. The van der Waals surface area contributed by atoms with E-state index in [-0.39, 0.29) is 0 Å². The molecule has 1 atom stereocenters. The van der Waals surface area contributed by atoms with Crippen LogP contribution in [0.25, 0.3) is 0 Å². The van der Waals surface area contributed by atoms with Crippen LogP contribution in [-0.2, 0) is 0 Å². The SMILES string of the molecule is C[C@H](NCC1CC1)c1cccc(Cl)c1. The van der Waals surface area contributed by atoms with Crippen LogP contribution in [0.5, 0.6) is 0 Å². The number of benzene rings is 1. The van der Waals surface area contributed by atoms with E-state index in [0.29, 0.717) is 6.04 Å². The molecule has 1 aliphatic rings. The molecule has 0 radical (unpaired) electrons. The Morgan fingerprint density at radius 2 is 2.29 bits per heavy atom. The number of hydrogen-bond donors (Lipinski definition) is 1.